The number of nitrogens with one attached hydrogen (secondary N) is 1. The minimum Gasteiger partial charge on any atom is -0.317 e. The van der Waals surface area contributed by atoms with Gasteiger partial charge in [0.25, 0.3) is 0 Å². The van der Waals surface area contributed by atoms with Crippen LogP contribution in [0.15, 0.2) is 0 Å². The van der Waals surface area contributed by atoms with Crippen molar-refractivity contribution in [2.24, 2.45) is 11.8 Å². The smallest absolute Gasteiger partial charge is 0.147 e. The Bertz CT molecular complexity index is 287. The normalized spacial score (nSPS) is 32.1. The molecule has 0 bridgehead atoms. The molecule has 1 rings (SSSR count). The van der Waals surface area contributed by atoms with Gasteiger partial charge in [-0.3, -0.25) is 0 Å². The van der Waals surface area contributed by atoms with Gasteiger partial charge in [-0.15, -0.1) is 0 Å². The Morgan fingerprint density at radius 1 is 1.33 bits per heavy atom. The van der Waals surface area contributed by atoms with Gasteiger partial charge in [-0.1, -0.05) is 6.92 Å². The number of hydrogen-bond donors (Lipinski definition) is 1. The molecule has 15 heavy (non-hydrogen) atoms. The molecular weight excluding hydrogens is 210 g/mol. The van der Waals surface area contributed by atoms with Crippen LogP contribution in [-0.2, 0) is 9.84 Å². The highest BCUT2D eigenvalue weighted by atomic mass is 32.2. The maximum Gasteiger partial charge on any atom is 0.147 e. The highest BCUT2D eigenvalue weighted by molar-refractivity contribution is 7.90. The molecule has 0 aromatic rings. The largest absolute Gasteiger partial charge is 0.317 e. The van der Waals surface area contributed by atoms with Crippen LogP contribution in [-0.4, -0.2) is 33.5 Å². The molecule has 0 aromatic heterocycles. The molecule has 1 N–H and O–H groups in total. The zero-order valence-electron chi connectivity index (χ0n) is 9.99. The summed E-state index contributed by atoms with van der Waals surface area (Å²) in [4.78, 5) is 0. The summed E-state index contributed by atoms with van der Waals surface area (Å²) in [6.07, 6.45) is 5.69. The monoisotopic (exact) mass is 233 g/mol. The third kappa shape index (κ3) is 4.11. The molecule has 0 saturated heterocycles. The molecule has 4 heteroatoms. The summed E-state index contributed by atoms with van der Waals surface area (Å²) in [6.45, 7) is 2.28. The average Bonchev–Trinajstić information content (AvgIpc) is 2.46. The molecule has 1 aliphatic rings. The summed E-state index contributed by atoms with van der Waals surface area (Å²) >= 11 is 0. The fraction of sp³-hybridized carbons (Fsp3) is 1.00. The Morgan fingerprint density at radius 2 is 2.00 bits per heavy atom. The summed E-state index contributed by atoms with van der Waals surface area (Å²) in [6, 6.07) is 0.633. The van der Waals surface area contributed by atoms with Gasteiger partial charge in [-0.05, 0) is 44.6 Å². The first-order valence-corrected chi connectivity index (χ1v) is 7.85. The van der Waals surface area contributed by atoms with Gasteiger partial charge in [0.15, 0.2) is 0 Å². The summed E-state index contributed by atoms with van der Waals surface area (Å²) in [5, 5.41) is 3.33. The van der Waals surface area contributed by atoms with Crippen molar-refractivity contribution in [3.63, 3.8) is 0 Å². The highest BCUT2D eigenvalue weighted by Gasteiger charge is 2.31. The van der Waals surface area contributed by atoms with Gasteiger partial charge in [-0.2, -0.15) is 0 Å². The predicted octanol–water partition coefficient (Wildman–Crippen LogP) is 1.45. The fourth-order valence-corrected chi connectivity index (χ4v) is 3.36. The first kappa shape index (κ1) is 13.0. The lowest BCUT2D eigenvalue weighted by atomic mass is 9.92. The molecule has 0 amide bonds. The molecule has 0 aliphatic heterocycles. The molecule has 3 unspecified atom stereocenters. The topological polar surface area (TPSA) is 46.2 Å². The van der Waals surface area contributed by atoms with E-state index in [0.29, 0.717) is 23.6 Å². The molecule has 3 atom stereocenters. The molecule has 1 fully saturated rings. The van der Waals surface area contributed by atoms with Gasteiger partial charge < -0.3 is 5.32 Å². The second kappa shape index (κ2) is 5.30. The molecule has 0 spiro atoms. The maximum absolute atomic E-state index is 11.0. The molecule has 0 aromatic carbocycles. The van der Waals surface area contributed by atoms with E-state index in [1.165, 1.54) is 19.1 Å². The molecule has 1 saturated carbocycles. The van der Waals surface area contributed by atoms with Crippen molar-refractivity contribution in [1.29, 1.82) is 0 Å². The second-order valence-corrected chi connectivity index (χ2v) is 7.12. The van der Waals surface area contributed by atoms with Crippen molar-refractivity contribution in [1.82, 2.24) is 5.32 Å². The van der Waals surface area contributed by atoms with E-state index in [9.17, 15) is 8.42 Å². The van der Waals surface area contributed by atoms with E-state index in [0.717, 1.165) is 12.8 Å². The molecular formula is C11H23NO2S. The van der Waals surface area contributed by atoms with Gasteiger partial charge >= 0.3 is 0 Å². The van der Waals surface area contributed by atoms with Crippen LogP contribution in [0, 0.1) is 11.8 Å². The van der Waals surface area contributed by atoms with E-state index >= 15 is 0 Å². The van der Waals surface area contributed by atoms with Crippen LogP contribution in [0.4, 0.5) is 0 Å². The standard InChI is InChI=1S/C11H23NO2S/c1-9-10(6-7-11(9)12-2)5-4-8-15(3,13)14/h9-12H,4-8H2,1-3H3. The van der Waals surface area contributed by atoms with Crippen LogP contribution in [0.1, 0.15) is 32.6 Å². The van der Waals surface area contributed by atoms with Crippen molar-refractivity contribution in [2.75, 3.05) is 19.1 Å². The maximum atomic E-state index is 11.0. The summed E-state index contributed by atoms with van der Waals surface area (Å²) in [5.41, 5.74) is 0. The summed E-state index contributed by atoms with van der Waals surface area (Å²) < 4.78 is 22.0. The Hall–Kier alpha value is -0.0900. The first-order chi connectivity index (χ1) is 6.94. The zero-order valence-corrected chi connectivity index (χ0v) is 10.8. The molecule has 0 radical (unpaired) electrons. The van der Waals surface area contributed by atoms with E-state index < -0.39 is 9.84 Å². The van der Waals surface area contributed by atoms with E-state index in [1.54, 1.807) is 0 Å². The Balaban J connectivity index is 2.29. The van der Waals surface area contributed by atoms with Crippen molar-refractivity contribution in [3.8, 4) is 0 Å². The minimum absolute atomic E-state index is 0.348. The Labute approximate surface area is 93.6 Å². The van der Waals surface area contributed by atoms with Crippen LogP contribution in [0.5, 0.6) is 0 Å². The highest BCUT2D eigenvalue weighted by Crippen LogP contribution is 2.34. The third-order valence-corrected chi connectivity index (χ3v) is 4.72. The van der Waals surface area contributed by atoms with Crippen LogP contribution in [0.25, 0.3) is 0 Å². The van der Waals surface area contributed by atoms with E-state index in [4.69, 9.17) is 0 Å². The van der Waals surface area contributed by atoms with Gasteiger partial charge in [-0.25, -0.2) is 8.42 Å². The third-order valence-electron chi connectivity index (χ3n) is 3.69. The number of hydrogen-bond acceptors (Lipinski definition) is 3. The lowest BCUT2D eigenvalue weighted by molar-refractivity contribution is 0.345. The van der Waals surface area contributed by atoms with E-state index in [1.807, 2.05) is 7.05 Å². The van der Waals surface area contributed by atoms with Crippen molar-refractivity contribution in [2.45, 2.75) is 38.6 Å². The predicted molar refractivity (Wildman–Crippen MR) is 63.7 cm³/mol. The van der Waals surface area contributed by atoms with Crippen molar-refractivity contribution < 1.29 is 8.42 Å². The number of rotatable bonds is 5. The van der Waals surface area contributed by atoms with Crippen LogP contribution < -0.4 is 5.32 Å². The van der Waals surface area contributed by atoms with Crippen LogP contribution in [0.3, 0.4) is 0 Å². The number of sulfone groups is 1. The SMILES string of the molecule is CNC1CCC(CCCS(C)(=O)=O)C1C. The lowest BCUT2D eigenvalue weighted by Crippen LogP contribution is -2.29. The summed E-state index contributed by atoms with van der Waals surface area (Å²) in [7, 11) is -0.754. The Kier molecular flexibility index (Phi) is 4.59. The van der Waals surface area contributed by atoms with Gasteiger partial charge in [0.1, 0.15) is 9.84 Å². The van der Waals surface area contributed by atoms with Crippen LogP contribution in [0.2, 0.25) is 0 Å². The molecule has 0 heterocycles. The van der Waals surface area contributed by atoms with Gasteiger partial charge in [0.05, 0.1) is 0 Å². The summed E-state index contributed by atoms with van der Waals surface area (Å²) in [5.74, 6) is 1.75. The first-order valence-electron chi connectivity index (χ1n) is 5.79. The second-order valence-electron chi connectivity index (χ2n) is 4.86. The molecule has 90 valence electrons. The molecule has 3 nitrogen and oxygen atoms in total. The van der Waals surface area contributed by atoms with Crippen LogP contribution >= 0.6 is 0 Å². The Morgan fingerprint density at radius 3 is 2.47 bits per heavy atom. The quantitative estimate of drug-likeness (QED) is 0.781. The van der Waals surface area contributed by atoms with E-state index in [2.05, 4.69) is 12.2 Å². The average molecular weight is 233 g/mol. The van der Waals surface area contributed by atoms with E-state index in [-0.39, 0.29) is 0 Å². The van der Waals surface area contributed by atoms with Crippen molar-refractivity contribution in [3.05, 3.63) is 0 Å². The zero-order chi connectivity index (χ0) is 11.5. The fourth-order valence-electron chi connectivity index (χ4n) is 2.67. The molecule has 1 aliphatic carbocycles. The van der Waals surface area contributed by atoms with Gasteiger partial charge in [0.2, 0.25) is 0 Å². The minimum atomic E-state index is -2.77. The van der Waals surface area contributed by atoms with Gasteiger partial charge in [0, 0.05) is 18.1 Å². The lowest BCUT2D eigenvalue weighted by Gasteiger charge is -2.19. The van der Waals surface area contributed by atoms with Crippen molar-refractivity contribution >= 4 is 9.84 Å².